The summed E-state index contributed by atoms with van der Waals surface area (Å²) in [6, 6.07) is 15.4. The molecular weight excluding hydrogens is 418 g/mol. The molecule has 0 bridgehead atoms. The van der Waals surface area contributed by atoms with Gasteiger partial charge in [0.1, 0.15) is 18.7 Å². The first-order valence-electron chi connectivity index (χ1n) is 11.6. The van der Waals surface area contributed by atoms with Crippen LogP contribution in [0.3, 0.4) is 0 Å². The van der Waals surface area contributed by atoms with E-state index in [-0.39, 0.29) is 24.3 Å². The SMILES string of the molecule is CCCCNC(=O)[C@H]1[C@H](C)c2ccccc2N1C(=O)[C@H](CC)NC(=O)OCc1ccccc1. The number of ether oxygens (including phenoxy) is 1. The predicted octanol–water partition coefficient (Wildman–Crippen LogP) is 4.13. The Morgan fingerprint density at radius 1 is 1.03 bits per heavy atom. The van der Waals surface area contributed by atoms with Crippen molar-refractivity contribution >= 4 is 23.6 Å². The quantitative estimate of drug-likeness (QED) is 0.561. The van der Waals surface area contributed by atoms with E-state index in [4.69, 9.17) is 4.74 Å². The van der Waals surface area contributed by atoms with E-state index in [9.17, 15) is 14.4 Å². The molecule has 0 aliphatic carbocycles. The van der Waals surface area contributed by atoms with E-state index in [0.717, 1.165) is 24.0 Å². The summed E-state index contributed by atoms with van der Waals surface area (Å²) in [5.41, 5.74) is 2.52. The summed E-state index contributed by atoms with van der Waals surface area (Å²) in [5.74, 6) is -0.655. The largest absolute Gasteiger partial charge is 0.445 e. The van der Waals surface area contributed by atoms with Gasteiger partial charge in [0.25, 0.3) is 0 Å². The molecule has 0 unspecified atom stereocenters. The molecule has 0 fully saturated rings. The van der Waals surface area contributed by atoms with Crippen LogP contribution in [0.2, 0.25) is 0 Å². The number of amides is 3. The second-order valence-corrected chi connectivity index (χ2v) is 8.31. The highest BCUT2D eigenvalue weighted by atomic mass is 16.5. The number of alkyl carbamates (subject to hydrolysis) is 1. The number of hydrogen-bond donors (Lipinski definition) is 2. The van der Waals surface area contributed by atoms with Crippen LogP contribution in [-0.4, -0.2) is 36.5 Å². The number of rotatable bonds is 9. The number of anilines is 1. The second-order valence-electron chi connectivity index (χ2n) is 8.31. The van der Waals surface area contributed by atoms with E-state index in [0.29, 0.717) is 18.7 Å². The number of carbonyl (C=O) groups excluding carboxylic acids is 3. The highest BCUT2D eigenvalue weighted by Crippen LogP contribution is 2.41. The van der Waals surface area contributed by atoms with Crippen molar-refractivity contribution in [3.05, 3.63) is 65.7 Å². The Balaban J connectivity index is 1.75. The summed E-state index contributed by atoms with van der Waals surface area (Å²) in [6.45, 7) is 6.52. The summed E-state index contributed by atoms with van der Waals surface area (Å²) >= 11 is 0. The average Bonchev–Trinajstić information content (AvgIpc) is 3.14. The number of unbranched alkanes of at least 4 members (excludes halogenated alkanes) is 1. The third-order valence-corrected chi connectivity index (χ3v) is 5.99. The molecule has 0 saturated heterocycles. The Morgan fingerprint density at radius 3 is 2.42 bits per heavy atom. The van der Waals surface area contributed by atoms with Gasteiger partial charge in [-0.15, -0.1) is 0 Å². The molecule has 3 rings (SSSR count). The lowest BCUT2D eigenvalue weighted by atomic mass is 9.96. The van der Waals surface area contributed by atoms with E-state index in [1.807, 2.05) is 68.4 Å². The molecule has 33 heavy (non-hydrogen) atoms. The monoisotopic (exact) mass is 451 g/mol. The van der Waals surface area contributed by atoms with Gasteiger partial charge < -0.3 is 15.4 Å². The number of nitrogens with one attached hydrogen (secondary N) is 2. The molecule has 1 heterocycles. The smallest absolute Gasteiger partial charge is 0.408 e. The number of fused-ring (bicyclic) bond motifs is 1. The minimum atomic E-state index is -0.808. The molecule has 0 saturated carbocycles. The van der Waals surface area contributed by atoms with Crippen molar-refractivity contribution in [3.8, 4) is 0 Å². The second kappa shape index (κ2) is 11.5. The van der Waals surface area contributed by atoms with Crippen LogP contribution in [0.25, 0.3) is 0 Å². The summed E-state index contributed by atoms with van der Waals surface area (Å²) in [6.07, 6.45) is 1.55. The molecule has 3 amide bonds. The molecule has 1 aliphatic rings. The average molecular weight is 452 g/mol. The maximum Gasteiger partial charge on any atom is 0.408 e. The van der Waals surface area contributed by atoms with Crippen molar-refractivity contribution in [2.24, 2.45) is 0 Å². The minimum absolute atomic E-state index is 0.114. The Morgan fingerprint density at radius 2 is 1.73 bits per heavy atom. The van der Waals surface area contributed by atoms with Crippen molar-refractivity contribution in [3.63, 3.8) is 0 Å². The number of hydrogen-bond acceptors (Lipinski definition) is 4. The summed E-state index contributed by atoms with van der Waals surface area (Å²) in [4.78, 5) is 40.7. The Hall–Kier alpha value is -3.35. The standard InChI is InChI=1S/C26H33N3O4/c1-4-6-16-27-24(30)23-18(3)20-14-10-11-15-22(20)29(23)25(31)21(5-2)28-26(32)33-17-19-12-8-7-9-13-19/h7-15,18,21,23H,4-6,16-17H2,1-3H3,(H,27,30)(H,28,32)/t18-,21+,23-/m1/s1. The highest BCUT2D eigenvalue weighted by Gasteiger charge is 2.45. The Bertz CT molecular complexity index is 963. The van der Waals surface area contributed by atoms with Crippen molar-refractivity contribution in [1.82, 2.24) is 10.6 Å². The van der Waals surface area contributed by atoms with Crippen LogP contribution in [0, 0.1) is 0 Å². The van der Waals surface area contributed by atoms with E-state index in [2.05, 4.69) is 17.6 Å². The lowest BCUT2D eigenvalue weighted by Crippen LogP contribution is -2.55. The number of nitrogens with zero attached hydrogens (tertiary/aromatic N) is 1. The molecule has 2 aromatic rings. The molecule has 2 aromatic carbocycles. The van der Waals surface area contributed by atoms with Crippen molar-refractivity contribution in [2.45, 2.75) is 64.6 Å². The molecule has 2 N–H and O–H groups in total. The van der Waals surface area contributed by atoms with Crippen LogP contribution >= 0.6 is 0 Å². The van der Waals surface area contributed by atoms with Gasteiger partial charge in [-0.1, -0.05) is 75.7 Å². The van der Waals surface area contributed by atoms with Crippen LogP contribution in [0.1, 0.15) is 57.1 Å². The van der Waals surface area contributed by atoms with Gasteiger partial charge in [0, 0.05) is 18.2 Å². The number of carbonyl (C=O) groups is 3. The van der Waals surface area contributed by atoms with Crippen LogP contribution in [-0.2, 0) is 20.9 Å². The van der Waals surface area contributed by atoms with Crippen molar-refractivity contribution in [2.75, 3.05) is 11.4 Å². The summed E-state index contributed by atoms with van der Waals surface area (Å²) < 4.78 is 5.30. The van der Waals surface area contributed by atoms with Gasteiger partial charge in [0.2, 0.25) is 11.8 Å². The molecule has 1 aliphatic heterocycles. The maximum absolute atomic E-state index is 13.6. The third-order valence-electron chi connectivity index (χ3n) is 5.99. The highest BCUT2D eigenvalue weighted by molar-refractivity contribution is 6.07. The van der Waals surface area contributed by atoms with Gasteiger partial charge in [-0.2, -0.15) is 0 Å². The Kier molecular flexibility index (Phi) is 8.46. The lowest BCUT2D eigenvalue weighted by molar-refractivity contribution is -0.127. The molecule has 0 radical (unpaired) electrons. The van der Waals surface area contributed by atoms with E-state index < -0.39 is 18.2 Å². The minimum Gasteiger partial charge on any atom is -0.445 e. The van der Waals surface area contributed by atoms with Gasteiger partial charge >= 0.3 is 6.09 Å². The van der Waals surface area contributed by atoms with Crippen molar-refractivity contribution in [1.29, 1.82) is 0 Å². The Labute approximate surface area is 195 Å². The first-order valence-corrected chi connectivity index (χ1v) is 11.6. The third kappa shape index (κ3) is 5.72. The van der Waals surface area contributed by atoms with Gasteiger partial charge in [-0.05, 0) is 30.0 Å². The van der Waals surface area contributed by atoms with Gasteiger partial charge in [-0.25, -0.2) is 4.79 Å². The molecule has 176 valence electrons. The van der Waals surface area contributed by atoms with Crippen LogP contribution in [0.4, 0.5) is 10.5 Å². The van der Waals surface area contributed by atoms with Gasteiger partial charge in [-0.3, -0.25) is 14.5 Å². The van der Waals surface area contributed by atoms with E-state index in [1.54, 1.807) is 4.90 Å². The van der Waals surface area contributed by atoms with Gasteiger partial charge in [0.05, 0.1) is 0 Å². The first-order chi connectivity index (χ1) is 16.0. The fourth-order valence-electron chi connectivity index (χ4n) is 4.14. The molecule has 7 nitrogen and oxygen atoms in total. The van der Waals surface area contributed by atoms with E-state index in [1.165, 1.54) is 0 Å². The van der Waals surface area contributed by atoms with Crippen molar-refractivity contribution < 1.29 is 19.1 Å². The molecular formula is C26H33N3O4. The van der Waals surface area contributed by atoms with Crippen LogP contribution in [0.5, 0.6) is 0 Å². The summed E-state index contributed by atoms with van der Waals surface area (Å²) in [5, 5.41) is 5.65. The fraction of sp³-hybridized carbons (Fsp3) is 0.423. The van der Waals surface area contributed by atoms with Crippen LogP contribution < -0.4 is 15.5 Å². The maximum atomic E-state index is 13.6. The molecule has 0 aromatic heterocycles. The fourth-order valence-corrected chi connectivity index (χ4v) is 4.14. The van der Waals surface area contributed by atoms with E-state index >= 15 is 0 Å². The number of para-hydroxylation sites is 1. The van der Waals surface area contributed by atoms with Crippen LogP contribution in [0.15, 0.2) is 54.6 Å². The normalized spacial score (nSPS) is 17.7. The lowest BCUT2D eigenvalue weighted by Gasteiger charge is -2.30. The predicted molar refractivity (Wildman–Crippen MR) is 128 cm³/mol. The summed E-state index contributed by atoms with van der Waals surface area (Å²) in [7, 11) is 0. The molecule has 7 heteroatoms. The zero-order valence-corrected chi connectivity index (χ0v) is 19.5. The molecule has 0 spiro atoms. The van der Waals surface area contributed by atoms with Gasteiger partial charge in [0.15, 0.2) is 0 Å². The zero-order valence-electron chi connectivity index (χ0n) is 19.5. The molecule has 3 atom stereocenters. The topological polar surface area (TPSA) is 87.7 Å². The first kappa shape index (κ1) is 24.3. The zero-order chi connectivity index (χ0) is 23.8. The number of benzene rings is 2.